The van der Waals surface area contributed by atoms with Gasteiger partial charge in [0.15, 0.2) is 5.76 Å². The zero-order valence-corrected chi connectivity index (χ0v) is 18.0. The number of ketones is 2. The average Bonchev–Trinajstić information content (AvgIpc) is 2.94. The minimum absolute atomic E-state index is 0.0258. The summed E-state index contributed by atoms with van der Waals surface area (Å²) in [7, 11) is 0. The van der Waals surface area contributed by atoms with Crippen molar-refractivity contribution in [3.05, 3.63) is 23.5 Å². The lowest BCUT2D eigenvalue weighted by molar-refractivity contribution is -0.141. The minimum Gasteiger partial charge on any atom is -0.423 e. The highest BCUT2D eigenvalue weighted by Crippen LogP contribution is 2.67. The molecule has 4 aliphatic rings. The van der Waals surface area contributed by atoms with Gasteiger partial charge in [0.1, 0.15) is 5.78 Å². The first kappa shape index (κ1) is 21.0. The quantitative estimate of drug-likeness (QED) is 0.700. The zero-order chi connectivity index (χ0) is 22.0. The number of hydrogen-bond donors (Lipinski definition) is 1. The van der Waals surface area contributed by atoms with E-state index in [1.165, 1.54) is 6.92 Å². The number of rotatable bonds is 2. The average molecular weight is 411 g/mol. The predicted molar refractivity (Wildman–Crippen MR) is 107 cm³/mol. The molecular weight excluding hydrogens is 382 g/mol. The Bertz CT molecular complexity index is 926. The maximum atomic E-state index is 12.5. The molecule has 0 spiro atoms. The number of hydrogen-bond acceptors (Lipinski definition) is 6. The summed E-state index contributed by atoms with van der Waals surface area (Å²) in [4.78, 5) is 36.4. The van der Waals surface area contributed by atoms with E-state index in [1.54, 1.807) is 19.1 Å². The molecule has 0 aliphatic heterocycles. The molecule has 4 aliphatic carbocycles. The number of aliphatic hydroxyl groups is 1. The van der Waals surface area contributed by atoms with Gasteiger partial charge in [0.2, 0.25) is 5.78 Å². The predicted octanol–water partition coefficient (Wildman–Crippen LogP) is 3.11. The highest BCUT2D eigenvalue weighted by molar-refractivity contribution is 6.05. The van der Waals surface area contributed by atoms with E-state index in [1.807, 2.05) is 6.92 Å². The van der Waals surface area contributed by atoms with Gasteiger partial charge >= 0.3 is 5.97 Å². The van der Waals surface area contributed by atoms with Gasteiger partial charge in [-0.1, -0.05) is 19.4 Å². The van der Waals surface area contributed by atoms with Crippen molar-refractivity contribution in [1.29, 1.82) is 5.26 Å². The van der Waals surface area contributed by atoms with E-state index in [9.17, 15) is 24.8 Å². The van der Waals surface area contributed by atoms with Crippen molar-refractivity contribution in [2.24, 2.45) is 40.4 Å². The SMILES string of the molecule is CC(=O)OC1=C[C@@]2(C)C(=CC1=O)CC[C@@H]1[C@@H]2[C@@H](O)C[C@@]2(C)[C@H]1C[C@@H](C#N)[C@@H]2C(C)=O. The van der Waals surface area contributed by atoms with Gasteiger partial charge in [-0.3, -0.25) is 14.4 Å². The van der Waals surface area contributed by atoms with Crippen LogP contribution in [0.1, 0.15) is 53.4 Å². The van der Waals surface area contributed by atoms with Crippen LogP contribution in [0, 0.1) is 51.8 Å². The summed E-state index contributed by atoms with van der Waals surface area (Å²) in [5.41, 5.74) is -0.0407. The Hall–Kier alpha value is -2.26. The summed E-state index contributed by atoms with van der Waals surface area (Å²) < 4.78 is 5.18. The normalized spacial score (nSPS) is 44.6. The van der Waals surface area contributed by atoms with Crippen LogP contribution in [0.25, 0.3) is 0 Å². The number of fused-ring (bicyclic) bond motifs is 5. The van der Waals surface area contributed by atoms with Gasteiger partial charge in [0, 0.05) is 24.2 Å². The van der Waals surface area contributed by atoms with Crippen LogP contribution in [-0.2, 0) is 19.1 Å². The van der Waals surface area contributed by atoms with E-state index < -0.39 is 22.9 Å². The molecule has 160 valence electrons. The van der Waals surface area contributed by atoms with Crippen molar-refractivity contribution in [2.75, 3.05) is 0 Å². The highest BCUT2D eigenvalue weighted by atomic mass is 16.5. The fraction of sp³-hybridized carbons (Fsp3) is 0.667. The Morgan fingerprint density at radius 2 is 2.00 bits per heavy atom. The Morgan fingerprint density at radius 1 is 1.30 bits per heavy atom. The maximum Gasteiger partial charge on any atom is 0.308 e. The number of carbonyl (C=O) groups is 3. The fourth-order valence-corrected chi connectivity index (χ4v) is 7.55. The van der Waals surface area contributed by atoms with Crippen LogP contribution in [0.2, 0.25) is 0 Å². The summed E-state index contributed by atoms with van der Waals surface area (Å²) in [5, 5.41) is 21.1. The van der Waals surface area contributed by atoms with E-state index in [0.717, 1.165) is 12.0 Å². The van der Waals surface area contributed by atoms with Gasteiger partial charge in [-0.25, -0.2) is 0 Å². The van der Waals surface area contributed by atoms with E-state index in [-0.39, 0.29) is 46.9 Å². The number of aliphatic hydroxyl groups excluding tert-OH is 1. The number of nitrogens with zero attached hydrogens (tertiary/aromatic N) is 1. The molecule has 0 unspecified atom stereocenters. The van der Waals surface area contributed by atoms with E-state index in [2.05, 4.69) is 13.0 Å². The number of ether oxygens (including phenoxy) is 1. The number of nitriles is 1. The second kappa shape index (κ2) is 6.88. The summed E-state index contributed by atoms with van der Waals surface area (Å²) in [5.74, 6) is -1.35. The second-order valence-corrected chi connectivity index (χ2v) is 10.1. The molecule has 30 heavy (non-hydrogen) atoms. The third-order valence-electron chi connectivity index (χ3n) is 8.48. The van der Waals surface area contributed by atoms with Crippen LogP contribution in [-0.4, -0.2) is 28.7 Å². The Morgan fingerprint density at radius 3 is 2.60 bits per heavy atom. The van der Waals surface area contributed by atoms with Crippen molar-refractivity contribution in [3.8, 4) is 6.07 Å². The topological polar surface area (TPSA) is 104 Å². The first-order chi connectivity index (χ1) is 14.0. The Labute approximate surface area is 177 Å². The lowest BCUT2D eigenvalue weighted by atomic mass is 9.46. The molecule has 0 saturated heterocycles. The van der Waals surface area contributed by atoms with Crippen LogP contribution in [0.3, 0.4) is 0 Å². The molecule has 0 aromatic heterocycles. The molecule has 0 aromatic carbocycles. The molecule has 0 radical (unpaired) electrons. The van der Waals surface area contributed by atoms with Crippen molar-refractivity contribution >= 4 is 17.5 Å². The van der Waals surface area contributed by atoms with E-state index in [4.69, 9.17) is 4.74 Å². The van der Waals surface area contributed by atoms with Crippen molar-refractivity contribution < 1.29 is 24.2 Å². The van der Waals surface area contributed by atoms with E-state index in [0.29, 0.717) is 19.3 Å². The smallest absolute Gasteiger partial charge is 0.308 e. The first-order valence-electron chi connectivity index (χ1n) is 10.8. The number of allylic oxidation sites excluding steroid dienone is 3. The third-order valence-corrected chi connectivity index (χ3v) is 8.48. The molecule has 8 atom stereocenters. The van der Waals surface area contributed by atoms with Crippen molar-refractivity contribution in [2.45, 2.75) is 59.5 Å². The molecule has 3 fully saturated rings. The molecule has 6 nitrogen and oxygen atoms in total. The van der Waals surface area contributed by atoms with Crippen LogP contribution < -0.4 is 0 Å². The molecule has 3 saturated carbocycles. The van der Waals surface area contributed by atoms with E-state index >= 15 is 0 Å². The second-order valence-electron chi connectivity index (χ2n) is 10.1. The molecule has 4 rings (SSSR count). The number of carbonyl (C=O) groups excluding carboxylic acids is 3. The Balaban J connectivity index is 1.77. The standard InChI is InChI=1S/C24H29NO5/c1-12(26)21-14(11-25)7-17-16-6-5-15-8-18(28)20(30-13(2)27)10-23(15,3)22(16)19(29)9-24(17,21)4/h8,10,14,16-17,19,21-22,29H,5-7,9H2,1-4H3/t14-,16-,17-,19-,21-,22+,23-,24-/m0/s1. The third kappa shape index (κ3) is 2.82. The van der Waals surface area contributed by atoms with Gasteiger partial charge in [-0.2, -0.15) is 5.26 Å². The minimum atomic E-state index is -0.674. The summed E-state index contributed by atoms with van der Waals surface area (Å²) in [6, 6.07) is 2.36. The number of esters is 1. The van der Waals surface area contributed by atoms with Crippen LogP contribution in [0.15, 0.2) is 23.5 Å². The summed E-state index contributed by atoms with van der Waals surface area (Å²) in [6.07, 6.45) is 5.28. The molecule has 0 aromatic rings. The molecule has 1 N–H and O–H groups in total. The number of Topliss-reactive ketones (excluding diaryl/α,β-unsaturated/α-hetero) is 1. The largest absolute Gasteiger partial charge is 0.423 e. The maximum absolute atomic E-state index is 12.5. The monoisotopic (exact) mass is 411 g/mol. The van der Waals surface area contributed by atoms with Gasteiger partial charge in [-0.15, -0.1) is 0 Å². The summed E-state index contributed by atoms with van der Waals surface area (Å²) >= 11 is 0. The Kier molecular flexibility index (Phi) is 4.81. The molecular formula is C24H29NO5. The zero-order valence-electron chi connectivity index (χ0n) is 18.0. The molecule has 0 heterocycles. The highest BCUT2D eigenvalue weighted by Gasteiger charge is 2.65. The van der Waals surface area contributed by atoms with Crippen molar-refractivity contribution in [3.63, 3.8) is 0 Å². The van der Waals surface area contributed by atoms with Gasteiger partial charge < -0.3 is 9.84 Å². The summed E-state index contributed by atoms with van der Waals surface area (Å²) in [6.45, 7) is 6.91. The van der Waals surface area contributed by atoms with Crippen LogP contribution >= 0.6 is 0 Å². The lowest BCUT2D eigenvalue weighted by Gasteiger charge is -2.58. The lowest BCUT2D eigenvalue weighted by Crippen LogP contribution is -2.56. The molecule has 6 heteroatoms. The van der Waals surface area contributed by atoms with Gasteiger partial charge in [0.25, 0.3) is 0 Å². The van der Waals surface area contributed by atoms with Crippen molar-refractivity contribution in [1.82, 2.24) is 0 Å². The van der Waals surface area contributed by atoms with Crippen LogP contribution in [0.4, 0.5) is 0 Å². The fourth-order valence-electron chi connectivity index (χ4n) is 7.55. The van der Waals surface area contributed by atoms with Gasteiger partial charge in [0.05, 0.1) is 18.1 Å². The van der Waals surface area contributed by atoms with Crippen LogP contribution in [0.5, 0.6) is 0 Å². The molecule has 0 amide bonds. The molecule has 0 bridgehead atoms. The first-order valence-corrected chi connectivity index (χ1v) is 10.8. The van der Waals surface area contributed by atoms with Gasteiger partial charge in [-0.05, 0) is 62.0 Å².